The van der Waals surface area contributed by atoms with Crippen LogP contribution in [0.15, 0.2) is 54.6 Å². The van der Waals surface area contributed by atoms with Crippen LogP contribution in [0.2, 0.25) is 0 Å². The second-order valence-corrected chi connectivity index (χ2v) is 6.08. The van der Waals surface area contributed by atoms with E-state index in [1.54, 1.807) is 6.07 Å². The molecule has 0 aliphatic heterocycles. The minimum Gasteiger partial charge on any atom is -0.354 e. The first-order chi connectivity index (χ1) is 12.3. The number of benzene rings is 2. The molecule has 26 heavy (non-hydrogen) atoms. The Morgan fingerprint density at radius 1 is 1.08 bits per heavy atom. The van der Waals surface area contributed by atoms with Crippen molar-refractivity contribution < 1.29 is 18.0 Å². The van der Waals surface area contributed by atoms with Crippen molar-refractivity contribution >= 4 is 5.91 Å². The summed E-state index contributed by atoms with van der Waals surface area (Å²) in [5.41, 5.74) is 0.380. The molecule has 3 nitrogen and oxygen atoms in total. The van der Waals surface area contributed by atoms with E-state index >= 15 is 0 Å². The number of nitrogens with one attached hydrogen (secondary N) is 1. The Balaban J connectivity index is 2.06. The van der Waals surface area contributed by atoms with Crippen LogP contribution in [0.4, 0.5) is 13.2 Å². The van der Waals surface area contributed by atoms with E-state index < -0.39 is 17.8 Å². The Bertz CT molecular complexity index is 716. The second kappa shape index (κ2) is 8.85. The normalized spacial score (nSPS) is 12.8. The van der Waals surface area contributed by atoms with Crippen molar-refractivity contribution in [1.29, 1.82) is 0 Å². The molecular formula is C20H23F3N2O. The number of amides is 1. The molecule has 1 atom stereocenters. The van der Waals surface area contributed by atoms with Gasteiger partial charge in [0.25, 0.3) is 0 Å². The van der Waals surface area contributed by atoms with Crippen molar-refractivity contribution in [3.63, 3.8) is 0 Å². The van der Waals surface area contributed by atoms with Crippen molar-refractivity contribution in [3.8, 4) is 0 Å². The van der Waals surface area contributed by atoms with Crippen LogP contribution in [-0.4, -0.2) is 30.9 Å². The highest BCUT2D eigenvalue weighted by molar-refractivity contribution is 5.83. The molecule has 0 bridgehead atoms. The number of hydrogen-bond donors (Lipinski definition) is 1. The van der Waals surface area contributed by atoms with Gasteiger partial charge in [-0.2, -0.15) is 13.2 Å². The van der Waals surface area contributed by atoms with E-state index in [9.17, 15) is 18.0 Å². The van der Waals surface area contributed by atoms with Crippen LogP contribution in [0.5, 0.6) is 0 Å². The third-order valence-electron chi connectivity index (χ3n) is 4.32. The van der Waals surface area contributed by atoms with Gasteiger partial charge in [0, 0.05) is 6.54 Å². The van der Waals surface area contributed by atoms with Crippen LogP contribution in [0.25, 0.3) is 0 Å². The lowest BCUT2D eigenvalue weighted by Crippen LogP contribution is -2.39. The van der Waals surface area contributed by atoms with Crippen LogP contribution < -0.4 is 5.32 Å². The predicted octanol–water partition coefficient (Wildman–Crippen LogP) is 4.06. The van der Waals surface area contributed by atoms with Gasteiger partial charge in [0.1, 0.15) is 6.04 Å². The van der Waals surface area contributed by atoms with E-state index in [4.69, 9.17) is 0 Å². The van der Waals surface area contributed by atoms with E-state index in [0.717, 1.165) is 11.6 Å². The van der Waals surface area contributed by atoms with E-state index in [1.165, 1.54) is 12.1 Å². The molecule has 6 heteroatoms. The highest BCUT2D eigenvalue weighted by atomic mass is 19.4. The van der Waals surface area contributed by atoms with Crippen molar-refractivity contribution in [2.45, 2.75) is 25.6 Å². The van der Waals surface area contributed by atoms with Gasteiger partial charge < -0.3 is 5.32 Å². The van der Waals surface area contributed by atoms with Gasteiger partial charge in [-0.15, -0.1) is 0 Å². The van der Waals surface area contributed by atoms with Crippen LogP contribution in [-0.2, 0) is 17.4 Å². The molecule has 2 aromatic carbocycles. The first-order valence-electron chi connectivity index (χ1n) is 8.52. The fourth-order valence-corrected chi connectivity index (χ4v) is 2.86. The van der Waals surface area contributed by atoms with Gasteiger partial charge in [0.05, 0.1) is 5.56 Å². The molecule has 0 aliphatic carbocycles. The number of likely N-dealkylation sites (N-methyl/N-ethyl adjacent to an activating group) is 1. The minimum absolute atomic E-state index is 0.124. The van der Waals surface area contributed by atoms with Gasteiger partial charge >= 0.3 is 6.18 Å². The maximum atomic E-state index is 13.0. The Kier molecular flexibility index (Phi) is 6.80. The lowest BCUT2D eigenvalue weighted by atomic mass is 10.0. The van der Waals surface area contributed by atoms with Gasteiger partial charge in [-0.1, -0.05) is 55.5 Å². The lowest BCUT2D eigenvalue weighted by molar-refractivity contribution is -0.138. The summed E-state index contributed by atoms with van der Waals surface area (Å²) in [4.78, 5) is 14.5. The summed E-state index contributed by atoms with van der Waals surface area (Å²) in [6.07, 6.45) is -4.27. The molecule has 0 aliphatic rings. The first-order valence-corrected chi connectivity index (χ1v) is 8.52. The molecule has 2 rings (SSSR count). The molecule has 1 amide bonds. The highest BCUT2D eigenvalue weighted by Gasteiger charge is 2.32. The maximum Gasteiger partial charge on any atom is 0.416 e. The highest BCUT2D eigenvalue weighted by Crippen LogP contribution is 2.31. The number of hydrogen-bond acceptors (Lipinski definition) is 2. The minimum atomic E-state index is -4.39. The summed E-state index contributed by atoms with van der Waals surface area (Å²) < 4.78 is 39.1. The number of halogens is 3. The number of nitrogens with zero attached hydrogens (tertiary/aromatic N) is 1. The SMILES string of the molecule is CCN(C)C(C(=O)NCCc1ccccc1C(F)(F)F)c1ccccc1. The van der Waals surface area contributed by atoms with Crippen molar-refractivity contribution in [2.24, 2.45) is 0 Å². The standard InChI is InChI=1S/C20H23F3N2O/c1-3-25(2)18(16-10-5-4-6-11-16)19(26)24-14-13-15-9-7-8-12-17(15)20(21,22)23/h4-12,18H,3,13-14H2,1-2H3,(H,24,26). The van der Waals surface area contributed by atoms with Gasteiger partial charge in [-0.25, -0.2) is 0 Å². The zero-order chi connectivity index (χ0) is 19.2. The second-order valence-electron chi connectivity index (χ2n) is 6.08. The van der Waals surface area contributed by atoms with E-state index in [-0.39, 0.29) is 24.4 Å². The van der Waals surface area contributed by atoms with Gasteiger partial charge in [-0.3, -0.25) is 9.69 Å². The summed E-state index contributed by atoms with van der Waals surface area (Å²) in [5.74, 6) is -0.218. The Labute approximate surface area is 151 Å². The van der Waals surface area contributed by atoms with Crippen LogP contribution in [0.1, 0.15) is 29.7 Å². The molecule has 0 aromatic heterocycles. The third-order valence-corrected chi connectivity index (χ3v) is 4.32. The van der Waals surface area contributed by atoms with Crippen LogP contribution in [0, 0.1) is 0 Å². The molecule has 0 saturated heterocycles. The summed E-state index contributed by atoms with van der Waals surface area (Å²) >= 11 is 0. The molecule has 1 N–H and O–H groups in total. The molecular weight excluding hydrogens is 341 g/mol. The smallest absolute Gasteiger partial charge is 0.354 e. The van der Waals surface area contributed by atoms with Crippen molar-refractivity contribution in [3.05, 3.63) is 71.3 Å². The average molecular weight is 364 g/mol. The predicted molar refractivity (Wildman–Crippen MR) is 95.6 cm³/mol. The Morgan fingerprint density at radius 2 is 1.69 bits per heavy atom. The largest absolute Gasteiger partial charge is 0.416 e. The summed E-state index contributed by atoms with van der Waals surface area (Å²) in [7, 11) is 1.84. The zero-order valence-corrected chi connectivity index (χ0v) is 14.9. The van der Waals surface area contributed by atoms with Crippen molar-refractivity contribution in [2.75, 3.05) is 20.1 Å². The molecule has 2 aromatic rings. The van der Waals surface area contributed by atoms with Gasteiger partial charge in [0.2, 0.25) is 5.91 Å². The van der Waals surface area contributed by atoms with Crippen LogP contribution >= 0.6 is 0 Å². The van der Waals surface area contributed by atoms with E-state index in [2.05, 4.69) is 5.32 Å². The fourth-order valence-electron chi connectivity index (χ4n) is 2.86. The number of carbonyl (C=O) groups is 1. The zero-order valence-electron chi connectivity index (χ0n) is 14.9. The molecule has 0 heterocycles. The monoisotopic (exact) mass is 364 g/mol. The summed E-state index contributed by atoms with van der Waals surface area (Å²) in [6.45, 7) is 2.76. The number of carbonyl (C=O) groups excluding carboxylic acids is 1. The third kappa shape index (κ3) is 5.08. The van der Waals surface area contributed by atoms with Gasteiger partial charge in [-0.05, 0) is 37.2 Å². The molecule has 0 spiro atoms. The first kappa shape index (κ1) is 20.0. The number of rotatable bonds is 7. The molecule has 0 radical (unpaired) electrons. The summed E-state index contributed by atoms with van der Waals surface area (Å²) in [6, 6.07) is 14.3. The summed E-state index contributed by atoms with van der Waals surface area (Å²) in [5, 5.41) is 2.78. The Morgan fingerprint density at radius 3 is 2.31 bits per heavy atom. The van der Waals surface area contributed by atoms with E-state index in [0.29, 0.717) is 6.54 Å². The average Bonchev–Trinajstić information content (AvgIpc) is 2.62. The number of alkyl halides is 3. The fraction of sp³-hybridized carbons (Fsp3) is 0.350. The van der Waals surface area contributed by atoms with Crippen LogP contribution in [0.3, 0.4) is 0 Å². The molecule has 0 saturated carbocycles. The topological polar surface area (TPSA) is 32.3 Å². The molecule has 1 unspecified atom stereocenters. The van der Waals surface area contributed by atoms with E-state index in [1.807, 2.05) is 49.2 Å². The Hall–Kier alpha value is -2.34. The maximum absolute atomic E-state index is 13.0. The quantitative estimate of drug-likeness (QED) is 0.804. The molecule has 0 fully saturated rings. The molecule has 140 valence electrons. The van der Waals surface area contributed by atoms with Crippen molar-refractivity contribution in [1.82, 2.24) is 10.2 Å². The lowest BCUT2D eigenvalue weighted by Gasteiger charge is -2.26. The van der Waals surface area contributed by atoms with Gasteiger partial charge in [0.15, 0.2) is 0 Å².